The van der Waals surface area contributed by atoms with E-state index < -0.39 is 42.4 Å². The van der Waals surface area contributed by atoms with Crippen LogP contribution in [0.1, 0.15) is 10.4 Å². The van der Waals surface area contributed by atoms with Gasteiger partial charge < -0.3 is 19.7 Å². The molecule has 34 heavy (non-hydrogen) atoms. The molecular weight excluding hydrogens is 470 g/mol. The topological polar surface area (TPSA) is 68.1 Å². The van der Waals surface area contributed by atoms with Gasteiger partial charge in [0.25, 0.3) is 5.91 Å². The first-order chi connectivity index (χ1) is 15.9. The summed E-state index contributed by atoms with van der Waals surface area (Å²) >= 11 is 0. The molecule has 1 amide bonds. The molecule has 3 rings (SSSR count). The zero-order chi connectivity index (χ0) is 25.0. The molecule has 1 aromatic carbocycles. The molecule has 2 aromatic heterocycles. The van der Waals surface area contributed by atoms with E-state index in [0.717, 1.165) is 12.1 Å². The van der Waals surface area contributed by atoms with Crippen LogP contribution in [0.15, 0.2) is 36.7 Å². The van der Waals surface area contributed by atoms with E-state index in [1.54, 1.807) is 18.3 Å². The van der Waals surface area contributed by atoms with Crippen LogP contribution in [0, 0.1) is 5.82 Å². The Morgan fingerprint density at radius 2 is 1.97 bits per heavy atom. The molecular formula is C21H20F6N4O3. The van der Waals surface area contributed by atoms with Crippen molar-refractivity contribution in [3.8, 4) is 22.8 Å². The molecule has 0 radical (unpaired) electrons. The summed E-state index contributed by atoms with van der Waals surface area (Å²) in [5.41, 5.74) is -0.399. The highest BCUT2D eigenvalue weighted by atomic mass is 19.4. The summed E-state index contributed by atoms with van der Waals surface area (Å²) in [6.45, 7) is -4.12. The summed E-state index contributed by atoms with van der Waals surface area (Å²) in [4.78, 5) is 18.2. The molecule has 0 unspecified atom stereocenters. The molecule has 3 aromatic rings. The summed E-state index contributed by atoms with van der Waals surface area (Å²) in [6, 6.07) is 5.00. The fourth-order valence-corrected chi connectivity index (χ4v) is 3.02. The van der Waals surface area contributed by atoms with Crippen LogP contribution < -0.4 is 14.8 Å². The maximum Gasteiger partial charge on any atom is 0.405 e. The van der Waals surface area contributed by atoms with Crippen molar-refractivity contribution in [2.75, 3.05) is 33.8 Å². The van der Waals surface area contributed by atoms with Crippen molar-refractivity contribution in [2.45, 2.75) is 12.8 Å². The molecule has 0 spiro atoms. The monoisotopic (exact) mass is 490 g/mol. The number of nitrogens with zero attached hydrogens (tertiary/aromatic N) is 3. The van der Waals surface area contributed by atoms with Crippen LogP contribution in [0.2, 0.25) is 0 Å². The number of amides is 1. The van der Waals surface area contributed by atoms with Gasteiger partial charge >= 0.3 is 12.8 Å². The third kappa shape index (κ3) is 6.31. The predicted molar refractivity (Wildman–Crippen MR) is 110 cm³/mol. The third-order valence-electron chi connectivity index (χ3n) is 4.53. The van der Waals surface area contributed by atoms with Crippen LogP contribution >= 0.6 is 0 Å². The molecule has 1 N–H and O–H groups in total. The first-order valence-electron chi connectivity index (χ1n) is 9.83. The summed E-state index contributed by atoms with van der Waals surface area (Å²) in [6.07, 6.45) is -1.87. The summed E-state index contributed by atoms with van der Waals surface area (Å²) in [5.74, 6) is -3.28. The first kappa shape index (κ1) is 25.1. The van der Waals surface area contributed by atoms with Gasteiger partial charge in [0, 0.05) is 24.4 Å². The lowest BCUT2D eigenvalue weighted by Gasteiger charge is -2.15. The maximum absolute atomic E-state index is 14.8. The Hall–Kier alpha value is -3.48. The Balaban J connectivity index is 1.95. The highest BCUT2D eigenvalue weighted by Crippen LogP contribution is 2.32. The second-order valence-corrected chi connectivity index (χ2v) is 7.39. The molecule has 0 bridgehead atoms. The molecule has 0 saturated carbocycles. The van der Waals surface area contributed by atoms with Crippen molar-refractivity contribution in [2.24, 2.45) is 0 Å². The van der Waals surface area contributed by atoms with E-state index in [9.17, 15) is 31.1 Å². The average molecular weight is 490 g/mol. The van der Waals surface area contributed by atoms with Gasteiger partial charge in [0.2, 0.25) is 0 Å². The molecule has 7 nitrogen and oxygen atoms in total. The summed E-state index contributed by atoms with van der Waals surface area (Å²) in [7, 11) is 3.79. The lowest BCUT2D eigenvalue weighted by Crippen LogP contribution is -2.34. The van der Waals surface area contributed by atoms with Crippen LogP contribution in [0.4, 0.5) is 26.3 Å². The zero-order valence-electron chi connectivity index (χ0n) is 18.0. The molecule has 13 heteroatoms. The van der Waals surface area contributed by atoms with E-state index in [1.165, 1.54) is 15.9 Å². The van der Waals surface area contributed by atoms with E-state index in [0.29, 0.717) is 24.5 Å². The minimum atomic E-state index is -4.78. The number of carbonyl (C=O) groups is 1. The van der Waals surface area contributed by atoms with Crippen molar-refractivity contribution in [3.05, 3.63) is 48.0 Å². The van der Waals surface area contributed by atoms with Crippen molar-refractivity contribution >= 4 is 11.6 Å². The molecule has 0 aliphatic heterocycles. The number of benzene rings is 1. The smallest absolute Gasteiger partial charge is 0.405 e. The van der Waals surface area contributed by atoms with Crippen molar-refractivity contribution < 1.29 is 40.6 Å². The van der Waals surface area contributed by atoms with Gasteiger partial charge in [-0.25, -0.2) is 9.37 Å². The van der Waals surface area contributed by atoms with Gasteiger partial charge in [-0.1, -0.05) is 0 Å². The number of hydrogen-bond donors (Lipinski definition) is 1. The number of likely N-dealkylation sites (N-methyl/N-ethyl adjacent to an activating group) is 1. The van der Waals surface area contributed by atoms with Crippen LogP contribution in [-0.2, 0) is 0 Å². The number of pyridine rings is 1. The number of alkyl halides is 5. The number of aromatic nitrogens is 2. The molecule has 2 heterocycles. The van der Waals surface area contributed by atoms with E-state index in [2.05, 4.69) is 9.72 Å². The number of fused-ring (bicyclic) bond motifs is 1. The second kappa shape index (κ2) is 10.2. The second-order valence-electron chi connectivity index (χ2n) is 7.39. The summed E-state index contributed by atoms with van der Waals surface area (Å²) < 4.78 is 89.1. The van der Waals surface area contributed by atoms with Crippen molar-refractivity contribution in [1.29, 1.82) is 0 Å². The molecule has 0 fully saturated rings. The predicted octanol–water partition coefficient (Wildman–Crippen LogP) is 3.97. The highest BCUT2D eigenvalue weighted by molar-refractivity contribution is 5.98. The Kier molecular flexibility index (Phi) is 7.54. The lowest BCUT2D eigenvalue weighted by atomic mass is 10.1. The SMILES string of the molecule is CN(C)CCOc1ccn2c(-c3cc(F)c(C(=O)NCC(F)(F)F)c(OC(F)F)c3)cnc2c1. The molecule has 0 saturated heterocycles. The van der Waals surface area contributed by atoms with Crippen LogP contribution in [0.3, 0.4) is 0 Å². The number of hydrogen-bond acceptors (Lipinski definition) is 5. The van der Waals surface area contributed by atoms with Gasteiger partial charge in [0.1, 0.15) is 41.7 Å². The van der Waals surface area contributed by atoms with E-state index in [-0.39, 0.29) is 11.3 Å². The van der Waals surface area contributed by atoms with Crippen LogP contribution in [0.25, 0.3) is 16.9 Å². The number of halogens is 6. The number of rotatable bonds is 9. The molecule has 0 atom stereocenters. The van der Waals surface area contributed by atoms with Crippen LogP contribution in [-0.4, -0.2) is 66.8 Å². The Bertz CT molecular complexity index is 1160. The molecule has 0 aliphatic carbocycles. The van der Waals surface area contributed by atoms with Gasteiger partial charge in [0.15, 0.2) is 0 Å². The molecule has 0 aliphatic rings. The average Bonchev–Trinajstić information content (AvgIpc) is 3.14. The van der Waals surface area contributed by atoms with E-state index in [1.807, 2.05) is 19.0 Å². The number of carbonyl (C=O) groups excluding carboxylic acids is 1. The Morgan fingerprint density at radius 3 is 2.62 bits per heavy atom. The van der Waals surface area contributed by atoms with Crippen LogP contribution in [0.5, 0.6) is 11.5 Å². The number of nitrogens with one attached hydrogen (secondary N) is 1. The number of imidazole rings is 1. The Labute approximate surface area is 189 Å². The van der Waals surface area contributed by atoms with Gasteiger partial charge in [0.05, 0.1) is 11.9 Å². The van der Waals surface area contributed by atoms with Crippen molar-refractivity contribution in [3.63, 3.8) is 0 Å². The normalized spacial score (nSPS) is 11.9. The third-order valence-corrected chi connectivity index (χ3v) is 4.53. The highest BCUT2D eigenvalue weighted by Gasteiger charge is 2.30. The fraction of sp³-hybridized carbons (Fsp3) is 0.333. The Morgan fingerprint density at radius 1 is 1.24 bits per heavy atom. The standard InChI is InChI=1S/C21H20F6N4O3/c1-30(2)5-6-33-13-3-4-31-15(10-28-17(31)9-13)12-7-14(22)18(16(8-12)34-20(23)24)19(32)29-11-21(25,26)27/h3-4,7-10,20H,5-6,11H2,1-2H3,(H,29,32). The summed E-state index contributed by atoms with van der Waals surface area (Å²) in [5, 5.41) is 1.44. The first-order valence-corrected chi connectivity index (χ1v) is 9.83. The number of ether oxygens (including phenoxy) is 2. The minimum Gasteiger partial charge on any atom is -0.492 e. The van der Waals surface area contributed by atoms with E-state index >= 15 is 0 Å². The van der Waals surface area contributed by atoms with Gasteiger partial charge in [-0.2, -0.15) is 22.0 Å². The fourth-order valence-electron chi connectivity index (χ4n) is 3.02. The minimum absolute atomic E-state index is 0.00861. The van der Waals surface area contributed by atoms with Gasteiger partial charge in [-0.3, -0.25) is 9.20 Å². The quantitative estimate of drug-likeness (QED) is 0.460. The van der Waals surface area contributed by atoms with Gasteiger partial charge in [-0.15, -0.1) is 0 Å². The largest absolute Gasteiger partial charge is 0.492 e. The lowest BCUT2D eigenvalue weighted by molar-refractivity contribution is -0.123. The van der Waals surface area contributed by atoms with Crippen molar-refractivity contribution in [1.82, 2.24) is 19.6 Å². The van der Waals surface area contributed by atoms with E-state index in [4.69, 9.17) is 4.74 Å². The molecule has 184 valence electrons. The van der Waals surface area contributed by atoms with Gasteiger partial charge in [-0.05, 0) is 32.3 Å². The maximum atomic E-state index is 14.8. The zero-order valence-corrected chi connectivity index (χ0v) is 18.0.